The molecule has 0 aliphatic heterocycles. The van der Waals surface area contributed by atoms with E-state index in [0.717, 1.165) is 0 Å². The van der Waals surface area contributed by atoms with E-state index >= 15 is 0 Å². The van der Waals surface area contributed by atoms with Crippen LogP contribution in [0.1, 0.15) is 25.7 Å². The molecule has 0 N–H and O–H groups in total. The first-order valence-electron chi connectivity index (χ1n) is 4.41. The van der Waals surface area contributed by atoms with E-state index in [1.54, 1.807) is 0 Å². The number of hydrogen-bond acceptors (Lipinski definition) is 8. The Morgan fingerprint density at radius 3 is 1.28 bits per heavy atom. The fraction of sp³-hybridized carbons (Fsp3) is 1.00. The first kappa shape index (κ1) is 26.7. The third kappa shape index (κ3) is 24.8. The topological polar surface area (TPSA) is 98.7 Å². The molecule has 12 heteroatoms. The average molecular weight is 387 g/mol. The first-order valence-corrected chi connectivity index (χ1v) is 9.08. The van der Waals surface area contributed by atoms with E-state index in [9.17, 15) is 17.5 Å². The molecule has 0 aliphatic rings. The minimum atomic E-state index is -3.78. The zero-order chi connectivity index (χ0) is 12.7. The second-order valence-electron chi connectivity index (χ2n) is 2.87. The number of unbranched alkanes of at least 4 members (excludes halogenated alkanes) is 3. The van der Waals surface area contributed by atoms with E-state index in [1.165, 1.54) is 0 Å². The van der Waals surface area contributed by atoms with Gasteiger partial charge in [-0.25, -0.2) is 8.42 Å². The molecule has 0 bridgehead atoms. The molecule has 18 heavy (non-hydrogen) atoms. The van der Waals surface area contributed by atoms with Crippen LogP contribution < -0.4 is 103 Å². The Hall–Kier alpha value is 3.85. The molecule has 0 aromatic heterocycles. The Bertz CT molecular complexity index is 343. The van der Waals surface area contributed by atoms with E-state index in [-0.39, 0.29) is 116 Å². The minimum absolute atomic E-state index is 0. The van der Waals surface area contributed by atoms with Crippen LogP contribution in [0.25, 0.3) is 0 Å². The molecule has 0 spiro atoms. The van der Waals surface area contributed by atoms with Gasteiger partial charge in [0, 0.05) is 0 Å². The van der Waals surface area contributed by atoms with Crippen molar-refractivity contribution in [3.05, 3.63) is 0 Å². The van der Waals surface area contributed by atoms with Crippen LogP contribution in [0, 0.1) is 0 Å². The molecular formula is C6H12K2O6S4. The number of hydrogen-bond donors (Lipinski definition) is 0. The van der Waals surface area contributed by atoms with Crippen LogP contribution in [0.4, 0.5) is 0 Å². The predicted molar refractivity (Wildman–Crippen MR) is 62.9 cm³/mol. The van der Waals surface area contributed by atoms with Crippen molar-refractivity contribution in [2.24, 2.45) is 0 Å². The van der Waals surface area contributed by atoms with Gasteiger partial charge in [-0.05, 0) is 35.2 Å². The summed E-state index contributed by atoms with van der Waals surface area (Å²) in [6, 6.07) is 0. The summed E-state index contributed by atoms with van der Waals surface area (Å²) in [5, 5.41) is 0. The van der Waals surface area contributed by atoms with Gasteiger partial charge < -0.3 is 9.11 Å². The van der Waals surface area contributed by atoms with Gasteiger partial charge in [0.25, 0.3) is 0 Å². The van der Waals surface area contributed by atoms with Gasteiger partial charge in [-0.1, -0.05) is 12.8 Å². The van der Waals surface area contributed by atoms with Gasteiger partial charge in [-0.3, -0.25) is 8.37 Å². The van der Waals surface area contributed by atoms with E-state index in [0.29, 0.717) is 25.7 Å². The van der Waals surface area contributed by atoms with Gasteiger partial charge in [0.05, 0.1) is 31.3 Å². The van der Waals surface area contributed by atoms with Crippen molar-refractivity contribution in [1.82, 2.24) is 0 Å². The standard InChI is InChI=1S/C6H14O6S4.2K/c7-15(8,13)11-5-3-1-2-4-6-12-16(9,10)14;;/h1-6H2,(H,7,8,13)(H,9,10,14);;/q;2*+1/p-2. The summed E-state index contributed by atoms with van der Waals surface area (Å²) in [7, 11) is -7.55. The van der Waals surface area contributed by atoms with Gasteiger partial charge in [0.1, 0.15) is 0 Å². The molecule has 0 aromatic rings. The Morgan fingerprint density at radius 1 is 0.778 bits per heavy atom. The molecule has 0 saturated carbocycles. The van der Waals surface area contributed by atoms with Crippen molar-refractivity contribution in [2.75, 3.05) is 13.2 Å². The summed E-state index contributed by atoms with van der Waals surface area (Å²) in [5.74, 6) is 0. The molecule has 0 saturated heterocycles. The largest absolute Gasteiger partial charge is 1.00 e. The molecule has 0 heterocycles. The molecule has 0 aliphatic carbocycles. The predicted octanol–water partition coefficient (Wildman–Crippen LogP) is -5.83. The Morgan fingerprint density at radius 2 is 1.06 bits per heavy atom. The SMILES string of the molecule is O=S([O-])(=S)OCCCCCCOS(=O)([O-])=S.[K+].[K+]. The quantitative estimate of drug-likeness (QED) is 0.285. The Labute approximate surface area is 203 Å². The zero-order valence-corrected chi connectivity index (χ0v) is 19.8. The Kier molecular flexibility index (Phi) is 21.5. The molecule has 0 amide bonds. The van der Waals surface area contributed by atoms with Crippen molar-refractivity contribution < 1.29 is 129 Å². The normalized spacial score (nSPS) is 16.8. The fourth-order valence-corrected chi connectivity index (χ4v) is 1.93. The molecule has 0 rings (SSSR count). The molecular weight excluding hydrogens is 375 g/mol. The van der Waals surface area contributed by atoms with Crippen LogP contribution in [0.5, 0.6) is 0 Å². The average Bonchev–Trinajstić information content (AvgIpc) is 2.06. The maximum absolute atomic E-state index is 10.4. The van der Waals surface area contributed by atoms with Gasteiger partial charge in [0.15, 0.2) is 0 Å². The van der Waals surface area contributed by atoms with Gasteiger partial charge in [-0.2, -0.15) is 0 Å². The molecule has 2 atom stereocenters. The van der Waals surface area contributed by atoms with Gasteiger partial charge >= 0.3 is 103 Å². The second kappa shape index (κ2) is 14.4. The first-order chi connectivity index (χ1) is 7.21. The van der Waals surface area contributed by atoms with Crippen molar-refractivity contribution >= 4 is 40.5 Å². The smallest absolute Gasteiger partial charge is 0.748 e. The van der Waals surface area contributed by atoms with Crippen molar-refractivity contribution in [3.8, 4) is 0 Å². The summed E-state index contributed by atoms with van der Waals surface area (Å²) in [5.41, 5.74) is 0. The van der Waals surface area contributed by atoms with E-state index < -0.39 is 18.1 Å². The van der Waals surface area contributed by atoms with Crippen LogP contribution in [0.3, 0.4) is 0 Å². The monoisotopic (exact) mass is 386 g/mol. The van der Waals surface area contributed by atoms with Crippen LogP contribution >= 0.6 is 0 Å². The van der Waals surface area contributed by atoms with E-state index in [2.05, 4.69) is 30.7 Å². The van der Waals surface area contributed by atoms with E-state index in [1.807, 2.05) is 0 Å². The van der Waals surface area contributed by atoms with Crippen molar-refractivity contribution in [1.29, 1.82) is 0 Å². The summed E-state index contributed by atoms with van der Waals surface area (Å²) in [4.78, 5) is 0. The number of rotatable bonds is 9. The second-order valence-corrected chi connectivity index (χ2v) is 7.43. The van der Waals surface area contributed by atoms with Crippen molar-refractivity contribution in [3.63, 3.8) is 0 Å². The summed E-state index contributed by atoms with van der Waals surface area (Å²) in [6.45, 7) is 0.0953. The summed E-state index contributed by atoms with van der Waals surface area (Å²) in [6.07, 6.45) is 2.48. The maximum atomic E-state index is 10.4. The van der Waals surface area contributed by atoms with Crippen molar-refractivity contribution in [2.45, 2.75) is 25.7 Å². The minimum Gasteiger partial charge on any atom is -0.748 e. The van der Waals surface area contributed by atoms with Crippen LogP contribution in [0.2, 0.25) is 0 Å². The van der Waals surface area contributed by atoms with Crippen LogP contribution in [-0.2, 0) is 48.8 Å². The third-order valence-electron chi connectivity index (χ3n) is 1.49. The molecule has 98 valence electrons. The molecule has 6 nitrogen and oxygen atoms in total. The summed E-state index contributed by atoms with van der Waals surface area (Å²) < 4.78 is 50.2. The molecule has 0 aromatic carbocycles. The van der Waals surface area contributed by atoms with E-state index in [4.69, 9.17) is 0 Å². The summed E-state index contributed by atoms with van der Waals surface area (Å²) >= 11 is 7.99. The third-order valence-corrected chi connectivity index (χ3v) is 2.98. The van der Waals surface area contributed by atoms with Gasteiger partial charge in [0.2, 0.25) is 0 Å². The fourth-order valence-electron chi connectivity index (χ4n) is 0.880. The van der Waals surface area contributed by atoms with Crippen LogP contribution in [-0.4, -0.2) is 30.7 Å². The van der Waals surface area contributed by atoms with Crippen LogP contribution in [0.15, 0.2) is 0 Å². The van der Waals surface area contributed by atoms with Gasteiger partial charge in [-0.15, -0.1) is 0 Å². The molecule has 2 unspecified atom stereocenters. The molecule has 0 fully saturated rings. The Balaban J connectivity index is -0.00000112. The molecule has 0 radical (unpaired) electrons. The maximum Gasteiger partial charge on any atom is 1.00 e. The zero-order valence-electron chi connectivity index (χ0n) is 10.3.